The summed E-state index contributed by atoms with van der Waals surface area (Å²) in [5.41, 5.74) is 1.89. The second-order valence-corrected chi connectivity index (χ2v) is 7.00. The molecule has 0 unspecified atom stereocenters. The van der Waals surface area contributed by atoms with Crippen LogP contribution in [0, 0.1) is 11.3 Å². The number of nitrogens with one attached hydrogen (secondary N) is 1. The Bertz CT molecular complexity index is 1270. The minimum Gasteiger partial charge on any atom is -0.497 e. The number of benzene rings is 1. The number of ether oxygens (including phenoxy) is 3. The average molecular weight is 466 g/mol. The predicted molar refractivity (Wildman–Crippen MR) is 113 cm³/mol. The number of hydrogen-bond acceptors (Lipinski definition) is 7. The van der Waals surface area contributed by atoms with Crippen molar-refractivity contribution in [2.24, 2.45) is 0 Å². The van der Waals surface area contributed by atoms with Gasteiger partial charge < -0.3 is 19.2 Å². The molecule has 0 atom stereocenters. The van der Waals surface area contributed by atoms with Gasteiger partial charge in [0.05, 0.1) is 28.7 Å². The van der Waals surface area contributed by atoms with Crippen LogP contribution in [0.4, 0.5) is 0 Å². The lowest BCUT2D eigenvalue weighted by atomic mass is 10.3. The lowest BCUT2D eigenvalue weighted by molar-refractivity contribution is 0.402. The van der Waals surface area contributed by atoms with Crippen molar-refractivity contribution in [3.63, 3.8) is 0 Å². The van der Waals surface area contributed by atoms with Crippen LogP contribution in [0.5, 0.6) is 29.1 Å². The van der Waals surface area contributed by atoms with Crippen LogP contribution in [-0.2, 0) is 6.42 Å². The highest BCUT2D eigenvalue weighted by Gasteiger charge is 2.19. The molecule has 3 heterocycles. The van der Waals surface area contributed by atoms with Gasteiger partial charge in [0.2, 0.25) is 5.88 Å². The number of hydrogen-bond donors (Lipinski definition) is 1. The summed E-state index contributed by atoms with van der Waals surface area (Å²) in [6, 6.07) is 10.9. The highest BCUT2D eigenvalue weighted by molar-refractivity contribution is 9.10. The molecule has 1 aromatic carbocycles. The fraction of sp³-hybridized carbons (Fsp3) is 0.143. The molecular formula is C21H16BrN5O3. The van der Waals surface area contributed by atoms with Crippen LogP contribution >= 0.6 is 15.9 Å². The Morgan fingerprint density at radius 1 is 1.10 bits per heavy atom. The summed E-state index contributed by atoms with van der Waals surface area (Å²) in [5.74, 6) is 1.88. The third-order valence-corrected chi connectivity index (χ3v) is 5.14. The summed E-state index contributed by atoms with van der Waals surface area (Å²) >= 11 is 3.61. The number of rotatable bonds is 6. The van der Waals surface area contributed by atoms with Gasteiger partial charge in [-0.1, -0.05) is 13.0 Å². The smallest absolute Gasteiger partial charge is 0.327 e. The van der Waals surface area contributed by atoms with E-state index in [-0.39, 0.29) is 6.01 Å². The third-order valence-electron chi connectivity index (χ3n) is 4.27. The maximum atomic E-state index is 9.06. The first-order valence-electron chi connectivity index (χ1n) is 9.04. The van der Waals surface area contributed by atoms with Gasteiger partial charge in [0, 0.05) is 24.0 Å². The zero-order valence-electron chi connectivity index (χ0n) is 16.1. The fourth-order valence-electron chi connectivity index (χ4n) is 2.84. The molecule has 0 amide bonds. The lowest BCUT2D eigenvalue weighted by Gasteiger charge is -2.10. The van der Waals surface area contributed by atoms with E-state index in [1.54, 1.807) is 25.3 Å². The molecule has 9 heteroatoms. The van der Waals surface area contributed by atoms with E-state index in [1.807, 2.05) is 25.1 Å². The Hall–Kier alpha value is -3.64. The molecule has 1 N–H and O–H groups in total. The number of aromatic nitrogens is 4. The SMILES string of the molecule is CCc1[nH]c2nc(Oc3cncc(C#N)c3)nc(Oc3cccc(OC)c3)c2c1Br. The Labute approximate surface area is 180 Å². The molecule has 4 aromatic rings. The van der Waals surface area contributed by atoms with Crippen LogP contribution in [0.3, 0.4) is 0 Å². The normalized spacial score (nSPS) is 10.6. The monoisotopic (exact) mass is 465 g/mol. The van der Waals surface area contributed by atoms with Crippen LogP contribution in [0.1, 0.15) is 18.2 Å². The van der Waals surface area contributed by atoms with Crippen molar-refractivity contribution in [3.8, 4) is 35.2 Å². The summed E-state index contributed by atoms with van der Waals surface area (Å²) < 4.78 is 17.9. The number of aromatic amines is 1. The molecule has 0 aliphatic carbocycles. The summed E-state index contributed by atoms with van der Waals surface area (Å²) in [6.45, 7) is 2.03. The summed E-state index contributed by atoms with van der Waals surface area (Å²) in [5, 5.41) is 9.76. The quantitative estimate of drug-likeness (QED) is 0.419. The van der Waals surface area contributed by atoms with Crippen LogP contribution in [-0.4, -0.2) is 27.0 Å². The standard InChI is InChI=1S/C21H16BrN5O3/c1-3-16-18(22)17-19(25-16)26-21(30-15-7-12(9-23)10-24-11-15)27-20(17)29-14-6-4-5-13(8-14)28-2/h4-8,10-11H,3H2,1-2H3,(H,25,26,27). The molecule has 0 aliphatic heterocycles. The van der Waals surface area contributed by atoms with Crippen molar-refractivity contribution in [2.75, 3.05) is 7.11 Å². The molecule has 4 rings (SSSR count). The number of halogens is 1. The zero-order chi connectivity index (χ0) is 21.1. The topological polar surface area (TPSA) is 106 Å². The maximum absolute atomic E-state index is 9.06. The van der Waals surface area contributed by atoms with Crippen molar-refractivity contribution in [1.82, 2.24) is 19.9 Å². The number of aryl methyl sites for hydroxylation is 1. The third kappa shape index (κ3) is 3.90. The van der Waals surface area contributed by atoms with Gasteiger partial charge in [-0.2, -0.15) is 15.2 Å². The molecule has 30 heavy (non-hydrogen) atoms. The van der Waals surface area contributed by atoms with Gasteiger partial charge in [-0.3, -0.25) is 4.98 Å². The second-order valence-electron chi connectivity index (χ2n) is 6.21. The first-order chi connectivity index (χ1) is 14.6. The van der Waals surface area contributed by atoms with Crippen molar-refractivity contribution in [1.29, 1.82) is 5.26 Å². The summed E-state index contributed by atoms with van der Waals surface area (Å²) in [7, 11) is 1.59. The minimum absolute atomic E-state index is 0.0636. The van der Waals surface area contributed by atoms with Crippen molar-refractivity contribution < 1.29 is 14.2 Å². The van der Waals surface area contributed by atoms with E-state index in [4.69, 9.17) is 19.5 Å². The van der Waals surface area contributed by atoms with Crippen LogP contribution in [0.15, 0.2) is 47.2 Å². The van der Waals surface area contributed by atoms with Gasteiger partial charge in [0.1, 0.15) is 23.2 Å². The zero-order valence-corrected chi connectivity index (χ0v) is 17.7. The minimum atomic E-state index is 0.0636. The molecule has 0 fully saturated rings. The summed E-state index contributed by atoms with van der Waals surface area (Å²) in [4.78, 5) is 16.2. The Balaban J connectivity index is 1.79. The van der Waals surface area contributed by atoms with E-state index in [9.17, 15) is 0 Å². The van der Waals surface area contributed by atoms with Crippen molar-refractivity contribution >= 4 is 27.0 Å². The molecule has 0 spiro atoms. The number of nitriles is 1. The molecule has 0 aliphatic rings. The Morgan fingerprint density at radius 2 is 1.93 bits per heavy atom. The molecule has 150 valence electrons. The van der Waals surface area contributed by atoms with Crippen LogP contribution in [0.2, 0.25) is 0 Å². The molecule has 0 radical (unpaired) electrons. The number of H-pyrrole nitrogens is 1. The first kappa shape index (κ1) is 19.7. The summed E-state index contributed by atoms with van der Waals surface area (Å²) in [6.07, 6.45) is 3.70. The van der Waals surface area contributed by atoms with E-state index in [2.05, 4.69) is 35.9 Å². The fourth-order valence-corrected chi connectivity index (χ4v) is 3.58. The number of pyridine rings is 1. The molecule has 0 saturated carbocycles. The van der Waals surface area contributed by atoms with Gasteiger partial charge >= 0.3 is 6.01 Å². The first-order valence-corrected chi connectivity index (χ1v) is 9.83. The van der Waals surface area contributed by atoms with E-state index in [0.717, 1.165) is 16.6 Å². The average Bonchev–Trinajstić information content (AvgIpc) is 3.09. The van der Waals surface area contributed by atoms with E-state index in [1.165, 1.54) is 12.4 Å². The Morgan fingerprint density at radius 3 is 2.70 bits per heavy atom. The van der Waals surface area contributed by atoms with E-state index >= 15 is 0 Å². The number of methoxy groups -OCH3 is 1. The largest absolute Gasteiger partial charge is 0.497 e. The predicted octanol–water partition coefficient (Wildman–Crippen LogP) is 5.14. The second kappa shape index (κ2) is 8.39. The number of fused-ring (bicyclic) bond motifs is 1. The van der Waals surface area contributed by atoms with Crippen LogP contribution < -0.4 is 14.2 Å². The highest BCUT2D eigenvalue weighted by atomic mass is 79.9. The molecule has 8 nitrogen and oxygen atoms in total. The maximum Gasteiger partial charge on any atom is 0.327 e. The van der Waals surface area contributed by atoms with Crippen molar-refractivity contribution in [2.45, 2.75) is 13.3 Å². The van der Waals surface area contributed by atoms with Gasteiger partial charge in [-0.15, -0.1) is 0 Å². The van der Waals surface area contributed by atoms with Gasteiger partial charge in [0.25, 0.3) is 0 Å². The van der Waals surface area contributed by atoms with Crippen molar-refractivity contribution in [3.05, 3.63) is 58.5 Å². The number of nitrogens with zero attached hydrogens (tertiary/aromatic N) is 4. The highest BCUT2D eigenvalue weighted by Crippen LogP contribution is 2.37. The lowest BCUT2D eigenvalue weighted by Crippen LogP contribution is -1.97. The van der Waals surface area contributed by atoms with Gasteiger partial charge in [0.15, 0.2) is 5.75 Å². The Kier molecular flexibility index (Phi) is 5.50. The molecule has 0 bridgehead atoms. The van der Waals surface area contributed by atoms with E-state index in [0.29, 0.717) is 39.7 Å². The van der Waals surface area contributed by atoms with E-state index < -0.39 is 0 Å². The van der Waals surface area contributed by atoms with Gasteiger partial charge in [-0.25, -0.2) is 0 Å². The van der Waals surface area contributed by atoms with Crippen LogP contribution in [0.25, 0.3) is 11.0 Å². The van der Waals surface area contributed by atoms with Gasteiger partial charge in [-0.05, 0) is 34.5 Å². The molecule has 3 aromatic heterocycles. The molecule has 0 saturated heterocycles. The molecular weight excluding hydrogens is 450 g/mol.